The van der Waals surface area contributed by atoms with Crippen LogP contribution in [0, 0.1) is 0 Å². The molecule has 7 nitrogen and oxygen atoms in total. The van der Waals surface area contributed by atoms with Gasteiger partial charge in [0.2, 0.25) is 0 Å². The van der Waals surface area contributed by atoms with Gasteiger partial charge in [-0.2, -0.15) is 0 Å². The largest absolute Gasteiger partial charge is 0.497 e. The summed E-state index contributed by atoms with van der Waals surface area (Å²) in [5.74, 6) is -0.419. The molecule has 0 aromatic heterocycles. The second kappa shape index (κ2) is 13.9. The number of methoxy groups -OCH3 is 1. The fourth-order valence-corrected chi connectivity index (χ4v) is 4.01. The lowest BCUT2D eigenvalue weighted by Crippen LogP contribution is -2.49. The van der Waals surface area contributed by atoms with Crippen LogP contribution in [-0.4, -0.2) is 74.1 Å². The molecule has 3 rings (SSSR count). The van der Waals surface area contributed by atoms with Gasteiger partial charge in [-0.15, -0.1) is 0 Å². The number of hydrogen-bond donors (Lipinski definition) is 1. The van der Waals surface area contributed by atoms with Crippen molar-refractivity contribution in [1.29, 1.82) is 0 Å². The Hall–Kier alpha value is -3.17. The molecule has 1 aromatic carbocycles. The van der Waals surface area contributed by atoms with E-state index in [0.717, 1.165) is 10.5 Å². The van der Waals surface area contributed by atoms with E-state index in [4.69, 9.17) is 33.7 Å². The quantitative estimate of drug-likeness (QED) is 0.295. The molecule has 0 fully saturated rings. The van der Waals surface area contributed by atoms with Crippen LogP contribution in [0.25, 0.3) is 0 Å². The molecule has 1 atom stereocenters. The summed E-state index contributed by atoms with van der Waals surface area (Å²) in [5, 5.41) is 0.471. The van der Waals surface area contributed by atoms with Crippen molar-refractivity contribution >= 4 is 40.7 Å². The van der Waals surface area contributed by atoms with Crippen molar-refractivity contribution in [3.63, 3.8) is 0 Å². The Morgan fingerprint density at radius 1 is 1.30 bits per heavy atom. The van der Waals surface area contributed by atoms with Gasteiger partial charge in [0.05, 0.1) is 37.4 Å². The molecule has 2 N–H and O–H groups in total. The van der Waals surface area contributed by atoms with Crippen molar-refractivity contribution in [2.45, 2.75) is 19.6 Å². The van der Waals surface area contributed by atoms with E-state index in [2.05, 4.69) is 11.6 Å². The molecule has 2 aliphatic rings. The smallest absolute Gasteiger partial charge is 0.272 e. The minimum atomic E-state index is -1.65. The molecule has 1 aromatic rings. The Kier molecular flexibility index (Phi) is 11.3. The number of carbonyl (C=O) groups is 2. The standard InChI is InChI=1S/C25H27Cl2FN4O3.CH3F/c1-4-16(6-5-15(2)35-3)13-31-10-9-30-23(25(31)34)18-14-32(22(28)12-21(18)29)24(33)17-7-8-19(26)20(27)11-17;1-2/h4-8,11,22H,2,9-10,12-14,29H2,1,3H3;1H3/b6-5-,16-4+;. The molecule has 2 aliphatic heterocycles. The molecule has 1 unspecified atom stereocenters. The number of hydrogen-bond acceptors (Lipinski definition) is 5. The summed E-state index contributed by atoms with van der Waals surface area (Å²) in [6.07, 6.45) is 3.55. The minimum Gasteiger partial charge on any atom is -0.497 e. The summed E-state index contributed by atoms with van der Waals surface area (Å²) in [5.41, 5.74) is 7.91. The predicted molar refractivity (Wildman–Crippen MR) is 143 cm³/mol. The highest BCUT2D eigenvalue weighted by Gasteiger charge is 2.36. The van der Waals surface area contributed by atoms with Gasteiger partial charge in [-0.1, -0.05) is 41.9 Å². The highest BCUT2D eigenvalue weighted by Crippen LogP contribution is 2.28. The molecular formula is C26H30Cl2F2N4O3. The summed E-state index contributed by atoms with van der Waals surface area (Å²) < 4.78 is 29.4. The molecule has 200 valence electrons. The predicted octanol–water partition coefficient (Wildman–Crippen LogP) is 4.88. The SMILES string of the molecule is C=C(/C=C\C(=C/C)CN1CCN=C(C2=C(N)CC(F)N(C(=O)c3ccc(Cl)c(Cl)c3)C2)C1=O)OC.CF. The first-order chi connectivity index (χ1) is 17.7. The van der Waals surface area contributed by atoms with Gasteiger partial charge in [0, 0.05) is 36.3 Å². The highest BCUT2D eigenvalue weighted by atomic mass is 35.5. The maximum absolute atomic E-state index is 14.9. The molecule has 0 radical (unpaired) electrons. The van der Waals surface area contributed by atoms with Gasteiger partial charge in [-0.3, -0.25) is 19.0 Å². The van der Waals surface area contributed by atoms with Crippen LogP contribution in [0.3, 0.4) is 0 Å². The molecule has 37 heavy (non-hydrogen) atoms. The van der Waals surface area contributed by atoms with E-state index in [1.54, 1.807) is 11.0 Å². The number of allylic oxidation sites excluding steroid dienone is 2. The second-order valence-corrected chi connectivity index (χ2v) is 8.84. The average molecular weight is 555 g/mol. The van der Waals surface area contributed by atoms with Crippen molar-refractivity contribution in [2.75, 3.05) is 40.5 Å². The number of nitrogens with zero attached hydrogens (tertiary/aromatic N) is 3. The second-order valence-electron chi connectivity index (χ2n) is 8.03. The van der Waals surface area contributed by atoms with Crippen LogP contribution < -0.4 is 5.73 Å². The lowest BCUT2D eigenvalue weighted by atomic mass is 9.98. The van der Waals surface area contributed by atoms with Crippen LogP contribution in [0.4, 0.5) is 8.78 Å². The number of carbonyl (C=O) groups excluding carboxylic acids is 2. The lowest BCUT2D eigenvalue weighted by Gasteiger charge is -2.35. The Morgan fingerprint density at radius 3 is 2.62 bits per heavy atom. The fourth-order valence-electron chi connectivity index (χ4n) is 3.71. The van der Waals surface area contributed by atoms with Crippen molar-refractivity contribution in [3.05, 3.63) is 81.2 Å². The highest BCUT2D eigenvalue weighted by molar-refractivity contribution is 6.46. The van der Waals surface area contributed by atoms with Crippen LogP contribution >= 0.6 is 23.2 Å². The van der Waals surface area contributed by atoms with E-state index in [9.17, 15) is 18.4 Å². The van der Waals surface area contributed by atoms with Crippen LogP contribution in [0.1, 0.15) is 23.7 Å². The average Bonchev–Trinajstić information content (AvgIpc) is 2.90. The number of nitrogens with two attached hydrogens (primary N) is 1. The molecular weight excluding hydrogens is 525 g/mol. The molecule has 11 heteroatoms. The van der Waals surface area contributed by atoms with Crippen molar-refractivity contribution in [1.82, 2.24) is 9.80 Å². The summed E-state index contributed by atoms with van der Waals surface area (Å²) in [4.78, 5) is 33.4. The third kappa shape index (κ3) is 7.42. The van der Waals surface area contributed by atoms with Crippen LogP contribution in [0.5, 0.6) is 0 Å². The Morgan fingerprint density at radius 2 is 2.00 bits per heavy atom. The van der Waals surface area contributed by atoms with Crippen LogP contribution in [0.15, 0.2) is 70.6 Å². The zero-order chi connectivity index (χ0) is 27.7. The molecule has 0 saturated carbocycles. The van der Waals surface area contributed by atoms with Crippen molar-refractivity contribution < 1.29 is 23.1 Å². The number of alkyl halides is 2. The Balaban J connectivity index is 0.00000235. The molecule has 0 spiro atoms. The summed E-state index contributed by atoms with van der Waals surface area (Å²) in [7, 11) is 2.03. The summed E-state index contributed by atoms with van der Waals surface area (Å²) >= 11 is 12.0. The van der Waals surface area contributed by atoms with Crippen LogP contribution in [-0.2, 0) is 9.53 Å². The van der Waals surface area contributed by atoms with E-state index in [1.807, 2.05) is 19.1 Å². The number of aliphatic imine (C=N–C) groups is 1. The molecule has 0 aliphatic carbocycles. The van der Waals surface area contributed by atoms with Gasteiger partial charge < -0.3 is 20.3 Å². The van der Waals surface area contributed by atoms with Crippen molar-refractivity contribution in [3.8, 4) is 0 Å². The maximum Gasteiger partial charge on any atom is 0.272 e. The van der Waals surface area contributed by atoms with Gasteiger partial charge in [0.1, 0.15) is 11.5 Å². The maximum atomic E-state index is 14.9. The third-order valence-corrected chi connectivity index (χ3v) is 6.51. The minimum absolute atomic E-state index is 0.147. The molecule has 2 heterocycles. The topological polar surface area (TPSA) is 88.2 Å². The molecule has 2 amide bonds. The number of benzene rings is 1. The first-order valence-electron chi connectivity index (χ1n) is 11.3. The van der Waals surface area contributed by atoms with Gasteiger partial charge in [0.25, 0.3) is 11.8 Å². The molecule has 0 saturated heterocycles. The van der Waals surface area contributed by atoms with E-state index < -0.39 is 12.2 Å². The normalized spacial score (nSPS) is 18.5. The van der Waals surface area contributed by atoms with E-state index in [-0.39, 0.29) is 45.9 Å². The van der Waals surface area contributed by atoms with Crippen molar-refractivity contribution in [2.24, 2.45) is 10.7 Å². The molecule has 0 bridgehead atoms. The number of rotatable bonds is 7. The van der Waals surface area contributed by atoms with Gasteiger partial charge >= 0.3 is 0 Å². The van der Waals surface area contributed by atoms with E-state index >= 15 is 0 Å². The van der Waals surface area contributed by atoms with E-state index in [1.165, 1.54) is 25.3 Å². The monoisotopic (exact) mass is 554 g/mol. The zero-order valence-corrected chi connectivity index (χ0v) is 22.5. The third-order valence-electron chi connectivity index (χ3n) is 5.78. The van der Waals surface area contributed by atoms with Gasteiger partial charge in [-0.25, -0.2) is 4.39 Å². The summed E-state index contributed by atoms with van der Waals surface area (Å²) in [6, 6.07) is 4.33. The zero-order valence-electron chi connectivity index (χ0n) is 20.9. The Bertz CT molecular complexity index is 1160. The number of ether oxygens (including phenoxy) is 1. The first kappa shape index (κ1) is 30.1. The lowest BCUT2D eigenvalue weighted by molar-refractivity contribution is -0.124. The first-order valence-corrected chi connectivity index (χ1v) is 12.1. The van der Waals surface area contributed by atoms with Gasteiger partial charge in [0.15, 0.2) is 6.30 Å². The van der Waals surface area contributed by atoms with E-state index in [0.29, 0.717) is 38.1 Å². The van der Waals surface area contributed by atoms with Crippen LogP contribution in [0.2, 0.25) is 10.0 Å². The van der Waals surface area contributed by atoms with Gasteiger partial charge in [-0.05, 0) is 36.8 Å². The number of halogens is 4. The summed E-state index contributed by atoms with van der Waals surface area (Å²) in [6.45, 7) is 6.56. The Labute approximate surface area is 225 Å². The number of amides is 2. The fraction of sp³-hybridized carbons (Fsp3) is 0.346.